The number of rotatable bonds is 5. The van der Waals surface area contributed by atoms with Crippen LogP contribution in [0, 0.1) is 0 Å². The van der Waals surface area contributed by atoms with Gasteiger partial charge in [-0.25, -0.2) is 23.4 Å². The number of carbonyl (C=O) groups is 1. The Bertz CT molecular complexity index is 1190. The van der Waals surface area contributed by atoms with Crippen LogP contribution in [0.1, 0.15) is 43.6 Å². The van der Waals surface area contributed by atoms with Gasteiger partial charge in [0.05, 0.1) is 18.4 Å². The second-order valence-corrected chi connectivity index (χ2v) is 10.2. The summed E-state index contributed by atoms with van der Waals surface area (Å²) in [6.45, 7) is 0.979. The number of nitrogens with zero attached hydrogens (tertiary/aromatic N) is 3. The number of hydrogen-bond donors (Lipinski definition) is 3. The minimum atomic E-state index is -3.89. The Morgan fingerprint density at radius 1 is 1.30 bits per heavy atom. The number of halogens is 1. The van der Waals surface area contributed by atoms with Gasteiger partial charge in [-0.1, -0.05) is 18.0 Å². The molecule has 1 aliphatic carbocycles. The third-order valence-corrected chi connectivity index (χ3v) is 7.42. The van der Waals surface area contributed by atoms with E-state index in [-0.39, 0.29) is 28.0 Å². The molecular formula is C20H25ClN6O5S. The molecule has 178 valence electrons. The Balaban J connectivity index is 1.34. The molecule has 4 N–H and O–H groups in total. The maximum Gasteiger partial charge on any atom is 0.407 e. The molecule has 2 fully saturated rings. The molecule has 4 rings (SSSR count). The number of aromatic nitrogens is 3. The highest BCUT2D eigenvalue weighted by atomic mass is 35.5. The van der Waals surface area contributed by atoms with Crippen molar-refractivity contribution in [2.45, 2.75) is 55.1 Å². The number of primary sulfonamides is 1. The first-order valence-electron chi connectivity index (χ1n) is 10.6. The molecule has 0 aromatic carbocycles. The molecule has 0 bridgehead atoms. The number of hydrogen-bond acceptors (Lipinski definition) is 8. The van der Waals surface area contributed by atoms with Crippen LogP contribution in [0.2, 0.25) is 5.02 Å². The number of aromatic amines is 1. The number of anilines is 1. The highest BCUT2D eigenvalue weighted by molar-refractivity contribution is 7.89. The van der Waals surface area contributed by atoms with Gasteiger partial charge in [0.15, 0.2) is 0 Å². The van der Waals surface area contributed by atoms with Gasteiger partial charge in [0.1, 0.15) is 16.0 Å². The highest BCUT2D eigenvalue weighted by Gasteiger charge is 2.31. The van der Waals surface area contributed by atoms with Crippen molar-refractivity contribution < 1.29 is 17.9 Å². The van der Waals surface area contributed by atoms with E-state index in [1.807, 2.05) is 4.90 Å². The maximum absolute atomic E-state index is 12.5. The number of amides is 1. The van der Waals surface area contributed by atoms with Crippen molar-refractivity contribution in [1.82, 2.24) is 20.5 Å². The summed E-state index contributed by atoms with van der Waals surface area (Å²) in [5.41, 5.74) is 0.662. The van der Waals surface area contributed by atoms with Crippen LogP contribution >= 0.6 is 11.6 Å². The standard InChI is InChI=1S/C20H25ClN6O5S/c21-18-16(9-24-26-19(18)28)27-7-5-14(11-27)32-20(29)25-13-3-1-2-12(8-13)15-4-6-23-10-17(15)33(22,30)31/h4,6,9-10,12-14H,1-3,5,7-8,11H2,(H,25,29)(H,26,28)(H2,22,30,31)/t12?,13-,14-/m1/s1. The number of sulfonamides is 1. The number of nitrogens with one attached hydrogen (secondary N) is 2. The van der Waals surface area contributed by atoms with E-state index in [1.165, 1.54) is 12.4 Å². The molecule has 1 saturated carbocycles. The summed E-state index contributed by atoms with van der Waals surface area (Å²) in [4.78, 5) is 30.0. The fourth-order valence-corrected chi connectivity index (χ4v) is 5.54. The summed E-state index contributed by atoms with van der Waals surface area (Å²) in [5, 5.41) is 14.4. The molecular weight excluding hydrogens is 472 g/mol. The van der Waals surface area contributed by atoms with Gasteiger partial charge >= 0.3 is 6.09 Å². The van der Waals surface area contributed by atoms with Crippen LogP contribution in [0.5, 0.6) is 0 Å². The molecule has 1 aliphatic heterocycles. The third kappa shape index (κ3) is 5.45. The van der Waals surface area contributed by atoms with E-state index in [0.29, 0.717) is 37.2 Å². The van der Waals surface area contributed by atoms with Crippen LogP contribution in [-0.4, -0.2) is 54.9 Å². The van der Waals surface area contributed by atoms with Gasteiger partial charge in [0.25, 0.3) is 5.56 Å². The molecule has 13 heteroatoms. The van der Waals surface area contributed by atoms with Crippen molar-refractivity contribution in [2.75, 3.05) is 18.0 Å². The van der Waals surface area contributed by atoms with E-state index in [4.69, 9.17) is 21.5 Å². The molecule has 1 amide bonds. The number of pyridine rings is 1. The minimum Gasteiger partial charge on any atom is -0.444 e. The fraction of sp³-hybridized carbons (Fsp3) is 0.500. The molecule has 3 atom stereocenters. The van der Waals surface area contributed by atoms with E-state index in [2.05, 4.69) is 20.5 Å². The lowest BCUT2D eigenvalue weighted by Crippen LogP contribution is -2.40. The van der Waals surface area contributed by atoms with Crippen LogP contribution in [-0.2, 0) is 14.8 Å². The third-order valence-electron chi connectivity index (χ3n) is 6.10. The molecule has 11 nitrogen and oxygen atoms in total. The molecule has 2 aromatic rings. The first-order chi connectivity index (χ1) is 15.7. The molecule has 33 heavy (non-hydrogen) atoms. The topological polar surface area (TPSA) is 160 Å². The predicted molar refractivity (Wildman–Crippen MR) is 121 cm³/mol. The Hall–Kier alpha value is -2.70. The van der Waals surface area contributed by atoms with E-state index < -0.39 is 21.7 Å². The summed E-state index contributed by atoms with van der Waals surface area (Å²) in [5.74, 6) is -0.0619. The van der Waals surface area contributed by atoms with Crippen molar-refractivity contribution in [3.05, 3.63) is 45.6 Å². The fourth-order valence-electron chi connectivity index (χ4n) is 4.56. The summed E-state index contributed by atoms with van der Waals surface area (Å²) in [6, 6.07) is 1.52. The SMILES string of the molecule is NS(=O)(=O)c1cnccc1C1CCC[C@@H](NC(=O)O[C@@H]2CCN(c3cn[nH]c(=O)c3Cl)C2)C1. The van der Waals surface area contributed by atoms with Crippen molar-refractivity contribution in [1.29, 1.82) is 0 Å². The number of ether oxygens (including phenoxy) is 1. The molecule has 2 aliphatic rings. The monoisotopic (exact) mass is 496 g/mol. The van der Waals surface area contributed by atoms with Gasteiger partial charge in [-0.15, -0.1) is 0 Å². The van der Waals surface area contributed by atoms with Crippen molar-refractivity contribution >= 4 is 33.4 Å². The Kier molecular flexibility index (Phi) is 6.86. The van der Waals surface area contributed by atoms with E-state index >= 15 is 0 Å². The maximum atomic E-state index is 12.5. The molecule has 3 heterocycles. The van der Waals surface area contributed by atoms with E-state index in [9.17, 15) is 18.0 Å². The lowest BCUT2D eigenvalue weighted by Gasteiger charge is -2.30. The molecule has 0 radical (unpaired) electrons. The van der Waals surface area contributed by atoms with Crippen molar-refractivity contribution in [2.24, 2.45) is 5.14 Å². The predicted octanol–water partition coefficient (Wildman–Crippen LogP) is 1.50. The van der Waals surface area contributed by atoms with Crippen LogP contribution in [0.4, 0.5) is 10.5 Å². The van der Waals surface area contributed by atoms with E-state index in [0.717, 1.165) is 19.3 Å². The van der Waals surface area contributed by atoms with Crippen LogP contribution in [0.3, 0.4) is 0 Å². The Morgan fingerprint density at radius 3 is 2.91 bits per heavy atom. The molecule has 1 saturated heterocycles. The Morgan fingerprint density at radius 2 is 2.12 bits per heavy atom. The number of alkyl carbamates (subject to hydrolysis) is 1. The van der Waals surface area contributed by atoms with Gasteiger partial charge < -0.3 is 15.0 Å². The highest BCUT2D eigenvalue weighted by Crippen LogP contribution is 2.35. The summed E-state index contributed by atoms with van der Waals surface area (Å²) in [7, 11) is -3.89. The summed E-state index contributed by atoms with van der Waals surface area (Å²) in [6.07, 6.45) is 6.97. The zero-order valence-corrected chi connectivity index (χ0v) is 19.3. The van der Waals surface area contributed by atoms with Crippen molar-refractivity contribution in [3.8, 4) is 0 Å². The average molecular weight is 497 g/mol. The van der Waals surface area contributed by atoms with Crippen LogP contribution in [0.25, 0.3) is 0 Å². The zero-order chi connectivity index (χ0) is 23.6. The largest absolute Gasteiger partial charge is 0.444 e. The van der Waals surface area contributed by atoms with Crippen molar-refractivity contribution in [3.63, 3.8) is 0 Å². The average Bonchev–Trinajstić information content (AvgIpc) is 3.23. The molecule has 2 aromatic heterocycles. The van der Waals surface area contributed by atoms with Crippen LogP contribution in [0.15, 0.2) is 34.3 Å². The van der Waals surface area contributed by atoms with Gasteiger partial charge in [-0.2, -0.15) is 5.10 Å². The first-order valence-corrected chi connectivity index (χ1v) is 12.6. The van der Waals surface area contributed by atoms with Gasteiger partial charge in [0.2, 0.25) is 10.0 Å². The molecule has 0 spiro atoms. The lowest BCUT2D eigenvalue weighted by molar-refractivity contribution is 0.102. The van der Waals surface area contributed by atoms with E-state index in [1.54, 1.807) is 12.3 Å². The van der Waals surface area contributed by atoms with Gasteiger partial charge in [-0.05, 0) is 36.8 Å². The second-order valence-electron chi connectivity index (χ2n) is 8.32. The molecule has 1 unspecified atom stereocenters. The number of carbonyl (C=O) groups excluding carboxylic acids is 1. The number of nitrogens with two attached hydrogens (primary N) is 1. The minimum absolute atomic E-state index is 0.0252. The Labute approximate surface area is 195 Å². The quantitative estimate of drug-likeness (QED) is 0.561. The number of H-pyrrole nitrogens is 1. The lowest BCUT2D eigenvalue weighted by atomic mass is 9.81. The first kappa shape index (κ1) is 23.5. The zero-order valence-electron chi connectivity index (χ0n) is 17.7. The normalized spacial score (nSPS) is 23.3. The van der Waals surface area contributed by atoms with Gasteiger partial charge in [-0.3, -0.25) is 9.78 Å². The smallest absolute Gasteiger partial charge is 0.407 e. The summed E-state index contributed by atoms with van der Waals surface area (Å²) >= 11 is 6.06. The summed E-state index contributed by atoms with van der Waals surface area (Å²) < 4.78 is 29.4. The van der Waals surface area contributed by atoms with Gasteiger partial charge in [0, 0.05) is 31.4 Å². The van der Waals surface area contributed by atoms with Crippen LogP contribution < -0.4 is 20.9 Å². The second kappa shape index (κ2) is 9.65.